The Morgan fingerprint density at radius 1 is 1.05 bits per heavy atom. The molecule has 0 heterocycles. The largest absolute Gasteiger partial charge is 0.496 e. The van der Waals surface area contributed by atoms with Crippen molar-refractivity contribution in [3.63, 3.8) is 0 Å². The normalized spacial score (nSPS) is 11.7. The highest BCUT2D eigenvalue weighted by atomic mass is 16.5. The third-order valence-corrected chi connectivity index (χ3v) is 2.99. The van der Waals surface area contributed by atoms with Gasteiger partial charge in [0.25, 0.3) is 5.91 Å². The minimum absolute atomic E-state index is 0.0843. The molecular formula is C16H17NO2. The van der Waals surface area contributed by atoms with Crippen LogP contribution < -0.4 is 10.1 Å². The molecular weight excluding hydrogens is 238 g/mol. The smallest absolute Gasteiger partial charge is 0.251 e. The fourth-order valence-electron chi connectivity index (χ4n) is 1.97. The average Bonchev–Trinajstić information content (AvgIpc) is 2.48. The zero-order chi connectivity index (χ0) is 13.7. The molecule has 2 rings (SSSR count). The molecule has 0 aromatic heterocycles. The van der Waals surface area contributed by atoms with Crippen LogP contribution in [-0.2, 0) is 0 Å². The van der Waals surface area contributed by atoms with E-state index in [2.05, 4.69) is 5.32 Å². The molecule has 98 valence electrons. The summed E-state index contributed by atoms with van der Waals surface area (Å²) in [7, 11) is 1.63. The molecule has 2 aromatic carbocycles. The lowest BCUT2D eigenvalue weighted by molar-refractivity contribution is 0.0939. The molecule has 0 bridgehead atoms. The number of carbonyl (C=O) groups is 1. The molecule has 3 heteroatoms. The van der Waals surface area contributed by atoms with Gasteiger partial charge in [-0.15, -0.1) is 0 Å². The van der Waals surface area contributed by atoms with Crippen LogP contribution in [0.15, 0.2) is 54.6 Å². The third-order valence-electron chi connectivity index (χ3n) is 2.99. The maximum atomic E-state index is 12.1. The van der Waals surface area contributed by atoms with Crippen LogP contribution in [0.5, 0.6) is 5.75 Å². The molecule has 0 radical (unpaired) electrons. The molecule has 0 saturated heterocycles. The van der Waals surface area contributed by atoms with Gasteiger partial charge in [0.1, 0.15) is 5.75 Å². The van der Waals surface area contributed by atoms with E-state index < -0.39 is 0 Å². The highest BCUT2D eigenvalue weighted by Crippen LogP contribution is 2.24. The molecule has 0 unspecified atom stereocenters. The van der Waals surface area contributed by atoms with Crippen LogP contribution in [0, 0.1) is 0 Å². The third kappa shape index (κ3) is 3.13. The van der Waals surface area contributed by atoms with Gasteiger partial charge < -0.3 is 10.1 Å². The van der Waals surface area contributed by atoms with Crippen molar-refractivity contribution in [1.29, 1.82) is 0 Å². The molecule has 2 aromatic rings. The first-order valence-corrected chi connectivity index (χ1v) is 6.21. The van der Waals surface area contributed by atoms with E-state index in [4.69, 9.17) is 4.74 Å². The van der Waals surface area contributed by atoms with Crippen molar-refractivity contribution in [2.24, 2.45) is 0 Å². The number of benzene rings is 2. The van der Waals surface area contributed by atoms with Gasteiger partial charge in [0.2, 0.25) is 0 Å². The predicted molar refractivity (Wildman–Crippen MR) is 75.3 cm³/mol. The van der Waals surface area contributed by atoms with Crippen molar-refractivity contribution in [3.8, 4) is 5.75 Å². The molecule has 19 heavy (non-hydrogen) atoms. The summed E-state index contributed by atoms with van der Waals surface area (Å²) < 4.78 is 5.30. The second-order valence-electron chi connectivity index (χ2n) is 4.30. The maximum absolute atomic E-state index is 12.1. The van der Waals surface area contributed by atoms with Gasteiger partial charge in [-0.05, 0) is 25.1 Å². The molecule has 3 nitrogen and oxygen atoms in total. The molecule has 0 aliphatic carbocycles. The summed E-state index contributed by atoms with van der Waals surface area (Å²) in [6.07, 6.45) is 0. The molecule has 0 fully saturated rings. The van der Waals surface area contributed by atoms with E-state index in [0.29, 0.717) is 5.56 Å². The quantitative estimate of drug-likeness (QED) is 0.911. The van der Waals surface area contributed by atoms with E-state index in [1.807, 2.05) is 49.4 Å². The van der Waals surface area contributed by atoms with Crippen molar-refractivity contribution in [1.82, 2.24) is 5.32 Å². The number of hydrogen-bond acceptors (Lipinski definition) is 2. The summed E-state index contributed by atoms with van der Waals surface area (Å²) in [4.78, 5) is 12.1. The first kappa shape index (κ1) is 13.1. The number of rotatable bonds is 4. The van der Waals surface area contributed by atoms with Crippen LogP contribution in [0.1, 0.15) is 28.9 Å². The van der Waals surface area contributed by atoms with Gasteiger partial charge in [0, 0.05) is 11.1 Å². The molecule has 1 amide bonds. The van der Waals surface area contributed by atoms with Crippen molar-refractivity contribution in [2.45, 2.75) is 13.0 Å². The Bertz CT molecular complexity index is 552. The van der Waals surface area contributed by atoms with Crippen LogP contribution >= 0.6 is 0 Å². The molecule has 0 aliphatic heterocycles. The Morgan fingerprint density at radius 3 is 2.37 bits per heavy atom. The van der Waals surface area contributed by atoms with Gasteiger partial charge in [-0.3, -0.25) is 4.79 Å². The minimum Gasteiger partial charge on any atom is -0.496 e. The first-order chi connectivity index (χ1) is 9.22. The van der Waals surface area contributed by atoms with E-state index in [1.165, 1.54) is 0 Å². The average molecular weight is 255 g/mol. The van der Waals surface area contributed by atoms with Crippen LogP contribution in [-0.4, -0.2) is 13.0 Å². The number of ether oxygens (including phenoxy) is 1. The first-order valence-electron chi connectivity index (χ1n) is 6.21. The number of methoxy groups -OCH3 is 1. The van der Waals surface area contributed by atoms with Crippen LogP contribution in [0.4, 0.5) is 0 Å². The van der Waals surface area contributed by atoms with Crippen molar-refractivity contribution < 1.29 is 9.53 Å². The molecule has 1 N–H and O–H groups in total. The molecule has 0 saturated carbocycles. The highest BCUT2D eigenvalue weighted by molar-refractivity contribution is 5.94. The summed E-state index contributed by atoms with van der Waals surface area (Å²) >= 11 is 0. The SMILES string of the molecule is COc1ccccc1[C@@H](C)NC(=O)c1ccccc1. The van der Waals surface area contributed by atoms with Gasteiger partial charge >= 0.3 is 0 Å². The second-order valence-corrected chi connectivity index (χ2v) is 4.30. The Kier molecular flexibility index (Phi) is 4.18. The fraction of sp³-hybridized carbons (Fsp3) is 0.188. The van der Waals surface area contributed by atoms with Gasteiger partial charge in [0.15, 0.2) is 0 Å². The Morgan fingerprint density at radius 2 is 1.68 bits per heavy atom. The van der Waals surface area contributed by atoms with Gasteiger partial charge in [-0.1, -0.05) is 36.4 Å². The lowest BCUT2D eigenvalue weighted by Gasteiger charge is -2.17. The van der Waals surface area contributed by atoms with Crippen LogP contribution in [0.25, 0.3) is 0 Å². The standard InChI is InChI=1S/C16H17NO2/c1-12(14-10-6-7-11-15(14)19-2)17-16(18)13-8-4-3-5-9-13/h3-12H,1-2H3,(H,17,18)/t12-/m1/s1. The summed E-state index contributed by atoms with van der Waals surface area (Å²) in [6.45, 7) is 1.94. The number of hydrogen-bond donors (Lipinski definition) is 1. The lowest BCUT2D eigenvalue weighted by Crippen LogP contribution is -2.26. The van der Waals surface area contributed by atoms with E-state index in [9.17, 15) is 4.79 Å². The van der Waals surface area contributed by atoms with Crippen LogP contribution in [0.2, 0.25) is 0 Å². The molecule has 1 atom stereocenters. The second kappa shape index (κ2) is 6.05. The highest BCUT2D eigenvalue weighted by Gasteiger charge is 2.14. The summed E-state index contributed by atoms with van der Waals surface area (Å²) in [5, 5.41) is 2.97. The molecule has 0 aliphatic rings. The number of amides is 1. The van der Waals surface area contributed by atoms with Gasteiger partial charge in [-0.25, -0.2) is 0 Å². The number of nitrogens with one attached hydrogen (secondary N) is 1. The van der Waals surface area contributed by atoms with Crippen molar-refractivity contribution in [2.75, 3.05) is 7.11 Å². The lowest BCUT2D eigenvalue weighted by atomic mass is 10.1. The van der Waals surface area contributed by atoms with E-state index >= 15 is 0 Å². The monoisotopic (exact) mass is 255 g/mol. The summed E-state index contributed by atoms with van der Waals surface area (Å²) in [6, 6.07) is 16.8. The van der Waals surface area contributed by atoms with Crippen molar-refractivity contribution in [3.05, 3.63) is 65.7 Å². The predicted octanol–water partition coefficient (Wildman–Crippen LogP) is 3.19. The van der Waals surface area contributed by atoms with E-state index in [0.717, 1.165) is 11.3 Å². The van der Waals surface area contributed by atoms with E-state index in [1.54, 1.807) is 19.2 Å². The fourth-order valence-corrected chi connectivity index (χ4v) is 1.97. The number of para-hydroxylation sites is 1. The summed E-state index contributed by atoms with van der Waals surface area (Å²) in [5.74, 6) is 0.697. The topological polar surface area (TPSA) is 38.3 Å². The Balaban J connectivity index is 2.13. The Hall–Kier alpha value is -2.29. The maximum Gasteiger partial charge on any atom is 0.251 e. The van der Waals surface area contributed by atoms with E-state index in [-0.39, 0.29) is 11.9 Å². The number of carbonyl (C=O) groups excluding carboxylic acids is 1. The van der Waals surface area contributed by atoms with Crippen molar-refractivity contribution >= 4 is 5.91 Å². The van der Waals surface area contributed by atoms with Crippen LogP contribution in [0.3, 0.4) is 0 Å². The Labute approximate surface area is 113 Å². The zero-order valence-corrected chi connectivity index (χ0v) is 11.1. The minimum atomic E-state index is -0.108. The molecule has 0 spiro atoms. The zero-order valence-electron chi connectivity index (χ0n) is 11.1. The van der Waals surface area contributed by atoms with Gasteiger partial charge in [-0.2, -0.15) is 0 Å². The summed E-state index contributed by atoms with van der Waals surface area (Å²) in [5.41, 5.74) is 1.62. The van der Waals surface area contributed by atoms with Gasteiger partial charge in [0.05, 0.1) is 13.2 Å².